The van der Waals surface area contributed by atoms with Crippen LogP contribution in [0.15, 0.2) is 195 Å². The van der Waals surface area contributed by atoms with Crippen molar-refractivity contribution >= 4 is 56.6 Å². The average molecular weight is 834 g/mol. The molecule has 0 aromatic heterocycles. The summed E-state index contributed by atoms with van der Waals surface area (Å²) in [7, 11) is 0. The van der Waals surface area contributed by atoms with Gasteiger partial charge in [0, 0.05) is 17.1 Å². The van der Waals surface area contributed by atoms with E-state index in [1.54, 1.807) is 26.0 Å². The summed E-state index contributed by atoms with van der Waals surface area (Å²) < 4.78 is 11.4. The van der Waals surface area contributed by atoms with Gasteiger partial charge in [-0.25, -0.2) is 9.59 Å². The molecule has 0 aliphatic carbocycles. The van der Waals surface area contributed by atoms with Gasteiger partial charge in [-0.15, -0.1) is 0 Å². The van der Waals surface area contributed by atoms with Crippen LogP contribution >= 0.6 is 0 Å². The quantitative estimate of drug-likeness (QED) is 0.0906. The number of rotatable bonds is 12. The SMILES string of the molecule is C=Cc1ccc(-c2ccc(-c3ccc(N(c4ccc(C)cc4)c4ccc(-c5cc(C(=O)OCC)c(-c6cc7ccccc7c7ccccc67)cc5C(=O)OCC)cc4)cc3)cc2)cc1. The summed E-state index contributed by atoms with van der Waals surface area (Å²) in [6, 6.07) is 64.2. The molecule has 312 valence electrons. The Morgan fingerprint density at radius 1 is 0.469 bits per heavy atom. The number of carbonyl (C=O) groups excluding carboxylic acids is 2. The van der Waals surface area contributed by atoms with E-state index in [1.165, 1.54) is 5.56 Å². The van der Waals surface area contributed by atoms with Gasteiger partial charge in [0.1, 0.15) is 0 Å². The fourth-order valence-electron chi connectivity index (χ4n) is 8.49. The zero-order chi connectivity index (χ0) is 44.2. The first-order valence-electron chi connectivity index (χ1n) is 21.7. The van der Waals surface area contributed by atoms with Crippen LogP contribution < -0.4 is 4.90 Å². The lowest BCUT2D eigenvalue weighted by Gasteiger charge is -2.26. The first kappa shape index (κ1) is 41.3. The van der Waals surface area contributed by atoms with Gasteiger partial charge in [-0.2, -0.15) is 0 Å². The van der Waals surface area contributed by atoms with Crippen LogP contribution in [0.25, 0.3) is 72.1 Å². The standard InChI is InChI=1S/C59H47NO4/c1-5-40-18-20-41(21-19-40)42-22-24-43(25-23-42)44-26-32-48(33-27-44)60(47-30-16-39(4)17-31-47)49-34-28-45(29-35-49)53-37-57(59(62)64-7-3)55(38-56(53)58(61)63-6-2)54-36-46-12-8-9-13-50(46)51-14-10-11-15-52(51)54/h5,8-38H,1,6-7H2,2-4H3. The fraction of sp³-hybridized carbons (Fsp3) is 0.0847. The van der Waals surface area contributed by atoms with Crippen molar-refractivity contribution < 1.29 is 19.1 Å². The molecule has 0 N–H and O–H groups in total. The minimum Gasteiger partial charge on any atom is -0.462 e. The first-order valence-corrected chi connectivity index (χ1v) is 21.7. The zero-order valence-corrected chi connectivity index (χ0v) is 36.2. The normalized spacial score (nSPS) is 11.0. The first-order chi connectivity index (χ1) is 31.3. The molecule has 0 aliphatic rings. The molecule has 0 atom stereocenters. The minimum absolute atomic E-state index is 0.200. The highest BCUT2D eigenvalue weighted by molar-refractivity contribution is 6.16. The number of esters is 2. The monoisotopic (exact) mass is 833 g/mol. The third kappa shape index (κ3) is 8.19. The van der Waals surface area contributed by atoms with Gasteiger partial charge >= 0.3 is 11.9 Å². The number of benzene rings is 9. The van der Waals surface area contributed by atoms with Crippen LogP contribution in [0.2, 0.25) is 0 Å². The maximum atomic E-state index is 14.0. The summed E-state index contributed by atoms with van der Waals surface area (Å²) in [6.45, 7) is 9.94. The van der Waals surface area contributed by atoms with Crippen molar-refractivity contribution in [3.05, 3.63) is 217 Å². The smallest absolute Gasteiger partial charge is 0.338 e. The highest BCUT2D eigenvalue weighted by Crippen LogP contribution is 2.42. The number of ether oxygens (including phenoxy) is 2. The third-order valence-electron chi connectivity index (χ3n) is 11.8. The van der Waals surface area contributed by atoms with Crippen molar-refractivity contribution in [2.45, 2.75) is 20.8 Å². The van der Waals surface area contributed by atoms with E-state index < -0.39 is 11.9 Å². The number of hydrogen-bond acceptors (Lipinski definition) is 5. The van der Waals surface area contributed by atoms with Gasteiger partial charge < -0.3 is 14.4 Å². The van der Waals surface area contributed by atoms with E-state index in [9.17, 15) is 9.59 Å². The Kier molecular flexibility index (Phi) is 11.7. The van der Waals surface area contributed by atoms with Crippen molar-refractivity contribution in [2.24, 2.45) is 0 Å². The molecule has 5 nitrogen and oxygen atoms in total. The van der Waals surface area contributed by atoms with Gasteiger partial charge in [-0.05, 0) is 147 Å². The summed E-state index contributed by atoms with van der Waals surface area (Å²) in [5, 5.41) is 4.15. The summed E-state index contributed by atoms with van der Waals surface area (Å²) in [4.78, 5) is 30.1. The molecule has 0 bridgehead atoms. The van der Waals surface area contributed by atoms with Gasteiger partial charge in [-0.1, -0.05) is 152 Å². The maximum Gasteiger partial charge on any atom is 0.338 e. The average Bonchev–Trinajstić information content (AvgIpc) is 3.35. The van der Waals surface area contributed by atoms with Crippen LogP contribution in [-0.2, 0) is 9.47 Å². The molecule has 64 heavy (non-hydrogen) atoms. The largest absolute Gasteiger partial charge is 0.462 e. The molecule has 0 amide bonds. The van der Waals surface area contributed by atoms with Crippen LogP contribution in [0, 0.1) is 6.92 Å². The lowest BCUT2D eigenvalue weighted by atomic mass is 9.87. The Balaban J connectivity index is 1.11. The minimum atomic E-state index is -0.471. The second-order valence-electron chi connectivity index (χ2n) is 15.7. The van der Waals surface area contributed by atoms with Crippen molar-refractivity contribution in [3.8, 4) is 44.5 Å². The molecular weight excluding hydrogens is 787 g/mol. The number of nitrogens with zero attached hydrogens (tertiary/aromatic N) is 1. The van der Waals surface area contributed by atoms with E-state index in [1.807, 2.05) is 54.6 Å². The number of fused-ring (bicyclic) bond motifs is 3. The van der Waals surface area contributed by atoms with Gasteiger partial charge in [0.05, 0.1) is 24.3 Å². The summed E-state index contributed by atoms with van der Waals surface area (Å²) in [5.74, 6) is -0.937. The zero-order valence-electron chi connectivity index (χ0n) is 36.2. The lowest BCUT2D eigenvalue weighted by molar-refractivity contribution is 0.0513. The third-order valence-corrected chi connectivity index (χ3v) is 11.8. The molecule has 0 fully saturated rings. The van der Waals surface area contributed by atoms with Crippen LogP contribution in [0.3, 0.4) is 0 Å². The number of aryl methyl sites for hydroxylation is 1. The van der Waals surface area contributed by atoms with Crippen molar-refractivity contribution in [1.29, 1.82) is 0 Å². The van der Waals surface area contributed by atoms with E-state index in [-0.39, 0.29) is 13.2 Å². The maximum absolute atomic E-state index is 14.0. The second-order valence-corrected chi connectivity index (χ2v) is 15.7. The molecule has 0 unspecified atom stereocenters. The van der Waals surface area contributed by atoms with Gasteiger partial charge in [-0.3, -0.25) is 0 Å². The van der Waals surface area contributed by atoms with Crippen molar-refractivity contribution in [3.63, 3.8) is 0 Å². The predicted octanol–water partition coefficient (Wildman–Crippen LogP) is 15.4. The highest BCUT2D eigenvalue weighted by Gasteiger charge is 2.25. The molecule has 9 aromatic rings. The predicted molar refractivity (Wildman–Crippen MR) is 265 cm³/mol. The molecule has 5 heteroatoms. The second kappa shape index (κ2) is 18.1. The van der Waals surface area contributed by atoms with Crippen molar-refractivity contribution in [2.75, 3.05) is 18.1 Å². The molecule has 0 aliphatic heterocycles. The van der Waals surface area contributed by atoms with Crippen LogP contribution in [0.1, 0.15) is 45.7 Å². The van der Waals surface area contributed by atoms with Gasteiger partial charge in [0.25, 0.3) is 0 Å². The molecule has 0 saturated carbocycles. The highest BCUT2D eigenvalue weighted by atomic mass is 16.5. The molecule has 0 radical (unpaired) electrons. The molecule has 0 heterocycles. The van der Waals surface area contributed by atoms with E-state index in [0.717, 1.165) is 77.6 Å². The molecule has 9 aromatic carbocycles. The fourth-order valence-corrected chi connectivity index (χ4v) is 8.49. The van der Waals surface area contributed by atoms with E-state index in [0.29, 0.717) is 22.3 Å². The van der Waals surface area contributed by atoms with Gasteiger partial charge in [0.15, 0.2) is 0 Å². The molecule has 9 rings (SSSR count). The number of hydrogen-bond donors (Lipinski definition) is 0. The number of carbonyl (C=O) groups is 2. The van der Waals surface area contributed by atoms with E-state index in [2.05, 4.69) is 146 Å². The Bertz CT molecular complexity index is 3150. The number of anilines is 3. The Morgan fingerprint density at radius 3 is 1.42 bits per heavy atom. The Hall–Kier alpha value is -8.02. The van der Waals surface area contributed by atoms with Crippen molar-refractivity contribution in [1.82, 2.24) is 0 Å². The van der Waals surface area contributed by atoms with Crippen LogP contribution in [0.4, 0.5) is 17.1 Å². The molecular formula is C59H47NO4. The van der Waals surface area contributed by atoms with Crippen LogP contribution in [-0.4, -0.2) is 25.2 Å². The van der Waals surface area contributed by atoms with E-state index >= 15 is 0 Å². The summed E-state index contributed by atoms with van der Waals surface area (Å²) in [5.41, 5.74) is 13.2. The van der Waals surface area contributed by atoms with Gasteiger partial charge in [0.2, 0.25) is 0 Å². The van der Waals surface area contributed by atoms with Crippen LogP contribution in [0.5, 0.6) is 0 Å². The summed E-state index contributed by atoms with van der Waals surface area (Å²) in [6.07, 6.45) is 1.85. The summed E-state index contributed by atoms with van der Waals surface area (Å²) >= 11 is 0. The Labute approximate surface area is 374 Å². The molecule has 0 spiro atoms. The molecule has 0 saturated heterocycles. The van der Waals surface area contributed by atoms with E-state index in [4.69, 9.17) is 9.47 Å². The lowest BCUT2D eigenvalue weighted by Crippen LogP contribution is -2.12. The Morgan fingerprint density at radius 2 is 0.891 bits per heavy atom. The topological polar surface area (TPSA) is 55.8 Å².